The van der Waals surface area contributed by atoms with Crippen LogP contribution in [0.15, 0.2) is 59.1 Å². The molecule has 1 aromatic heterocycles. The summed E-state index contributed by atoms with van der Waals surface area (Å²) in [5.74, 6) is 1.44. The van der Waals surface area contributed by atoms with Gasteiger partial charge in [-0.1, -0.05) is 28.1 Å². The van der Waals surface area contributed by atoms with E-state index in [9.17, 15) is 5.11 Å². The molecule has 0 saturated heterocycles. The molecule has 0 aliphatic rings. The molecule has 0 saturated carbocycles. The molecule has 0 radical (unpaired) electrons. The number of nitrogens with zero attached hydrogens (tertiary/aromatic N) is 1. The molecule has 0 bridgehead atoms. The molecular formula is C16H12BrNO2. The van der Waals surface area contributed by atoms with Crippen molar-refractivity contribution in [2.24, 2.45) is 0 Å². The quantitative estimate of drug-likeness (QED) is 0.779. The Bertz CT molecular complexity index is 741. The van der Waals surface area contributed by atoms with Crippen LogP contribution in [0.4, 0.5) is 0 Å². The third-order valence-electron chi connectivity index (χ3n) is 2.93. The second-order valence-corrected chi connectivity index (χ2v) is 5.26. The monoisotopic (exact) mass is 329 g/mol. The lowest BCUT2D eigenvalue weighted by Crippen LogP contribution is -1.93. The third-order valence-corrected chi connectivity index (χ3v) is 3.46. The summed E-state index contributed by atoms with van der Waals surface area (Å²) in [6.07, 6.45) is 0. The average Bonchev–Trinajstić information content (AvgIpc) is 2.49. The van der Waals surface area contributed by atoms with E-state index in [-0.39, 0.29) is 6.61 Å². The molecule has 0 aliphatic carbocycles. The van der Waals surface area contributed by atoms with E-state index in [4.69, 9.17) is 4.74 Å². The minimum Gasteiger partial charge on any atom is -0.457 e. The number of ether oxygens (including phenoxy) is 1. The van der Waals surface area contributed by atoms with Crippen LogP contribution >= 0.6 is 15.9 Å². The summed E-state index contributed by atoms with van der Waals surface area (Å²) in [6, 6.07) is 17.1. The number of benzene rings is 2. The van der Waals surface area contributed by atoms with E-state index in [2.05, 4.69) is 20.9 Å². The van der Waals surface area contributed by atoms with Gasteiger partial charge in [-0.2, -0.15) is 0 Å². The molecule has 100 valence electrons. The number of halogens is 1. The maximum absolute atomic E-state index is 9.30. The highest BCUT2D eigenvalue weighted by atomic mass is 79.9. The highest BCUT2D eigenvalue weighted by Gasteiger charge is 2.07. The molecule has 3 rings (SSSR count). The number of aromatic nitrogens is 1. The predicted octanol–water partition coefficient (Wildman–Crippen LogP) is 4.28. The zero-order valence-electron chi connectivity index (χ0n) is 10.6. The highest BCUT2D eigenvalue weighted by molar-refractivity contribution is 9.10. The summed E-state index contributed by atoms with van der Waals surface area (Å²) in [4.78, 5) is 4.37. The van der Waals surface area contributed by atoms with E-state index >= 15 is 0 Å². The van der Waals surface area contributed by atoms with Crippen LogP contribution in [0.25, 0.3) is 10.9 Å². The Kier molecular flexibility index (Phi) is 3.67. The summed E-state index contributed by atoms with van der Waals surface area (Å²) >= 11 is 3.39. The molecule has 1 heterocycles. The van der Waals surface area contributed by atoms with Crippen LogP contribution in [0.1, 0.15) is 5.69 Å². The van der Waals surface area contributed by atoms with E-state index in [1.807, 2.05) is 48.5 Å². The van der Waals surface area contributed by atoms with Crippen LogP contribution in [-0.2, 0) is 6.61 Å². The summed E-state index contributed by atoms with van der Waals surface area (Å²) in [7, 11) is 0. The molecule has 4 heteroatoms. The maximum atomic E-state index is 9.30. The standard InChI is InChI=1S/C16H12BrNO2/c17-11-5-7-13(8-6-11)20-16-9-12(10-19)18-15-4-2-1-3-14(15)16/h1-9,19H,10H2. The predicted molar refractivity (Wildman–Crippen MR) is 81.9 cm³/mol. The second kappa shape index (κ2) is 5.61. The second-order valence-electron chi connectivity index (χ2n) is 4.34. The van der Waals surface area contributed by atoms with Crippen LogP contribution in [0.3, 0.4) is 0 Å². The van der Waals surface area contributed by atoms with E-state index in [0.717, 1.165) is 21.1 Å². The van der Waals surface area contributed by atoms with Gasteiger partial charge in [0.05, 0.1) is 17.8 Å². The number of hydrogen-bond acceptors (Lipinski definition) is 3. The third kappa shape index (κ3) is 2.66. The lowest BCUT2D eigenvalue weighted by molar-refractivity contribution is 0.277. The molecule has 2 aromatic carbocycles. The molecule has 0 aliphatic heterocycles. The van der Waals surface area contributed by atoms with Gasteiger partial charge in [0.2, 0.25) is 0 Å². The van der Waals surface area contributed by atoms with Gasteiger partial charge in [-0.05, 0) is 36.4 Å². The van der Waals surface area contributed by atoms with Gasteiger partial charge >= 0.3 is 0 Å². The van der Waals surface area contributed by atoms with Crippen LogP contribution in [0.2, 0.25) is 0 Å². The molecule has 0 atom stereocenters. The van der Waals surface area contributed by atoms with Crippen molar-refractivity contribution < 1.29 is 9.84 Å². The Balaban J connectivity index is 2.07. The fourth-order valence-electron chi connectivity index (χ4n) is 1.99. The normalized spacial score (nSPS) is 10.7. The first kappa shape index (κ1) is 13.1. The maximum Gasteiger partial charge on any atom is 0.138 e. The zero-order chi connectivity index (χ0) is 13.9. The largest absolute Gasteiger partial charge is 0.457 e. The Morgan fingerprint density at radius 2 is 1.80 bits per heavy atom. The number of aliphatic hydroxyl groups is 1. The Morgan fingerprint density at radius 3 is 2.55 bits per heavy atom. The van der Waals surface area contributed by atoms with Crippen molar-refractivity contribution in [2.45, 2.75) is 6.61 Å². The first-order chi connectivity index (χ1) is 9.76. The van der Waals surface area contributed by atoms with Crippen LogP contribution in [0.5, 0.6) is 11.5 Å². The molecule has 0 spiro atoms. The average molecular weight is 330 g/mol. The van der Waals surface area contributed by atoms with Gasteiger partial charge in [-0.25, -0.2) is 0 Å². The SMILES string of the molecule is OCc1cc(Oc2ccc(Br)cc2)c2ccccc2n1. The van der Waals surface area contributed by atoms with Gasteiger partial charge in [-0.3, -0.25) is 4.98 Å². The molecule has 0 unspecified atom stereocenters. The Labute approximate surface area is 125 Å². The number of pyridine rings is 1. The van der Waals surface area contributed by atoms with Gasteiger partial charge in [-0.15, -0.1) is 0 Å². The van der Waals surface area contributed by atoms with Gasteiger partial charge in [0.25, 0.3) is 0 Å². The summed E-state index contributed by atoms with van der Waals surface area (Å²) in [5, 5.41) is 10.2. The molecule has 3 aromatic rings. The number of hydrogen-bond donors (Lipinski definition) is 1. The molecule has 20 heavy (non-hydrogen) atoms. The first-order valence-corrected chi connectivity index (χ1v) is 6.98. The smallest absolute Gasteiger partial charge is 0.138 e. The Hall–Kier alpha value is -1.91. The number of aliphatic hydroxyl groups excluding tert-OH is 1. The van der Waals surface area contributed by atoms with Crippen molar-refractivity contribution in [1.82, 2.24) is 4.98 Å². The van der Waals surface area contributed by atoms with E-state index < -0.39 is 0 Å². The van der Waals surface area contributed by atoms with Gasteiger partial charge < -0.3 is 9.84 Å². The van der Waals surface area contributed by atoms with Gasteiger partial charge in [0.15, 0.2) is 0 Å². The fourth-order valence-corrected chi connectivity index (χ4v) is 2.25. The van der Waals surface area contributed by atoms with Crippen LogP contribution in [-0.4, -0.2) is 10.1 Å². The minimum absolute atomic E-state index is 0.110. The number of rotatable bonds is 3. The Morgan fingerprint density at radius 1 is 1.05 bits per heavy atom. The van der Waals surface area contributed by atoms with Crippen molar-refractivity contribution in [1.29, 1.82) is 0 Å². The van der Waals surface area contributed by atoms with Crippen molar-refractivity contribution >= 4 is 26.8 Å². The van der Waals surface area contributed by atoms with Crippen molar-refractivity contribution in [3.63, 3.8) is 0 Å². The van der Waals surface area contributed by atoms with E-state index in [1.54, 1.807) is 6.07 Å². The molecule has 1 N–H and O–H groups in total. The van der Waals surface area contributed by atoms with E-state index in [1.165, 1.54) is 0 Å². The topological polar surface area (TPSA) is 42.4 Å². The van der Waals surface area contributed by atoms with Crippen LogP contribution in [0, 0.1) is 0 Å². The molecule has 0 fully saturated rings. The van der Waals surface area contributed by atoms with Crippen molar-refractivity contribution in [2.75, 3.05) is 0 Å². The van der Waals surface area contributed by atoms with Crippen LogP contribution < -0.4 is 4.74 Å². The zero-order valence-corrected chi connectivity index (χ0v) is 12.2. The fraction of sp³-hybridized carbons (Fsp3) is 0.0625. The summed E-state index contributed by atoms with van der Waals surface area (Å²) in [6.45, 7) is -0.110. The van der Waals surface area contributed by atoms with Gasteiger partial charge in [0.1, 0.15) is 11.5 Å². The van der Waals surface area contributed by atoms with Crippen molar-refractivity contribution in [3.05, 3.63) is 64.8 Å². The van der Waals surface area contributed by atoms with Crippen molar-refractivity contribution in [3.8, 4) is 11.5 Å². The first-order valence-electron chi connectivity index (χ1n) is 6.19. The van der Waals surface area contributed by atoms with E-state index in [0.29, 0.717) is 11.4 Å². The summed E-state index contributed by atoms with van der Waals surface area (Å²) in [5.41, 5.74) is 1.40. The number of para-hydroxylation sites is 1. The molecule has 0 amide bonds. The molecule has 3 nitrogen and oxygen atoms in total. The summed E-state index contributed by atoms with van der Waals surface area (Å²) < 4.78 is 6.92. The molecular weight excluding hydrogens is 318 g/mol. The lowest BCUT2D eigenvalue weighted by Gasteiger charge is -2.10. The van der Waals surface area contributed by atoms with Gasteiger partial charge in [0, 0.05) is 15.9 Å². The highest BCUT2D eigenvalue weighted by Crippen LogP contribution is 2.30. The lowest BCUT2D eigenvalue weighted by atomic mass is 10.2. The number of fused-ring (bicyclic) bond motifs is 1. The minimum atomic E-state index is -0.110.